The molecule has 2 atom stereocenters. The van der Waals surface area contributed by atoms with Crippen molar-refractivity contribution < 1.29 is 9.59 Å². The fraction of sp³-hybridized carbons (Fsp3) is 0.750. The zero-order valence-electron chi connectivity index (χ0n) is 14.0. The Kier molecular flexibility index (Phi) is 5.44. The highest BCUT2D eigenvalue weighted by Gasteiger charge is 2.33. The van der Waals surface area contributed by atoms with Gasteiger partial charge < -0.3 is 10.6 Å². The number of hydrogen-bond donors (Lipinski definition) is 1. The standard InChI is InChI=1S/C16H26N6O2/c17-16(24)14-6-2-4-8-22(14)15(23)10-20-7-3-1-5-13(20)9-21-12-18-11-19-21/h11-14H,1-10H2,(H2,17,24)/t13-,14-/m0/s1. The number of piperidine rings is 2. The van der Waals surface area contributed by atoms with Gasteiger partial charge in [-0.1, -0.05) is 6.42 Å². The topological polar surface area (TPSA) is 97.3 Å². The Hall–Kier alpha value is -1.96. The molecule has 24 heavy (non-hydrogen) atoms. The molecule has 0 aromatic carbocycles. The molecule has 8 nitrogen and oxygen atoms in total. The molecule has 0 unspecified atom stereocenters. The maximum atomic E-state index is 12.8. The summed E-state index contributed by atoms with van der Waals surface area (Å²) in [5.41, 5.74) is 5.48. The first-order chi connectivity index (χ1) is 11.6. The van der Waals surface area contributed by atoms with Gasteiger partial charge in [0.15, 0.2) is 0 Å². The lowest BCUT2D eigenvalue weighted by atomic mass is 10.00. The van der Waals surface area contributed by atoms with Gasteiger partial charge >= 0.3 is 0 Å². The zero-order chi connectivity index (χ0) is 16.9. The highest BCUT2D eigenvalue weighted by molar-refractivity contribution is 5.87. The van der Waals surface area contributed by atoms with Crippen LogP contribution >= 0.6 is 0 Å². The Morgan fingerprint density at radius 1 is 1.12 bits per heavy atom. The van der Waals surface area contributed by atoms with Gasteiger partial charge in [0.2, 0.25) is 11.8 Å². The van der Waals surface area contributed by atoms with Gasteiger partial charge in [-0.05, 0) is 38.6 Å². The van der Waals surface area contributed by atoms with E-state index in [2.05, 4.69) is 15.0 Å². The minimum atomic E-state index is -0.440. The molecule has 1 aromatic rings. The molecule has 132 valence electrons. The number of amides is 2. The van der Waals surface area contributed by atoms with Crippen LogP contribution in [0.5, 0.6) is 0 Å². The van der Waals surface area contributed by atoms with Crippen molar-refractivity contribution >= 4 is 11.8 Å². The smallest absolute Gasteiger partial charge is 0.240 e. The van der Waals surface area contributed by atoms with Crippen molar-refractivity contribution in [3.05, 3.63) is 12.7 Å². The molecule has 0 bridgehead atoms. The SMILES string of the molecule is NC(=O)[C@@H]1CCCCN1C(=O)CN1CCCC[C@H]1Cn1cncn1. The van der Waals surface area contributed by atoms with E-state index < -0.39 is 6.04 Å². The van der Waals surface area contributed by atoms with Crippen molar-refractivity contribution in [2.75, 3.05) is 19.6 Å². The molecule has 1 aromatic heterocycles. The number of primary amides is 1. The van der Waals surface area contributed by atoms with Crippen LogP contribution in [0, 0.1) is 0 Å². The molecule has 0 radical (unpaired) electrons. The van der Waals surface area contributed by atoms with E-state index in [0.29, 0.717) is 19.5 Å². The van der Waals surface area contributed by atoms with Gasteiger partial charge in [0.25, 0.3) is 0 Å². The van der Waals surface area contributed by atoms with Gasteiger partial charge in [0.1, 0.15) is 18.7 Å². The molecule has 2 saturated heterocycles. The number of nitrogens with zero attached hydrogens (tertiary/aromatic N) is 5. The summed E-state index contributed by atoms with van der Waals surface area (Å²) in [6.07, 6.45) is 9.13. The van der Waals surface area contributed by atoms with E-state index in [9.17, 15) is 9.59 Å². The summed E-state index contributed by atoms with van der Waals surface area (Å²) in [7, 11) is 0. The first-order valence-electron chi connectivity index (χ1n) is 8.80. The maximum Gasteiger partial charge on any atom is 0.240 e. The van der Waals surface area contributed by atoms with Crippen LogP contribution in [0.4, 0.5) is 0 Å². The van der Waals surface area contributed by atoms with E-state index in [4.69, 9.17) is 5.73 Å². The second-order valence-corrected chi connectivity index (χ2v) is 6.74. The molecule has 3 heterocycles. The largest absolute Gasteiger partial charge is 0.368 e. The number of carbonyl (C=O) groups excluding carboxylic acids is 2. The minimum absolute atomic E-state index is 0.0176. The van der Waals surface area contributed by atoms with Gasteiger partial charge in [0, 0.05) is 12.6 Å². The summed E-state index contributed by atoms with van der Waals surface area (Å²) < 4.78 is 1.82. The van der Waals surface area contributed by atoms with Crippen molar-refractivity contribution in [1.29, 1.82) is 0 Å². The summed E-state index contributed by atoms with van der Waals surface area (Å²) in [6, 6.07) is -0.161. The van der Waals surface area contributed by atoms with Crippen molar-refractivity contribution in [3.8, 4) is 0 Å². The van der Waals surface area contributed by atoms with Gasteiger partial charge in [-0.2, -0.15) is 5.10 Å². The van der Waals surface area contributed by atoms with Crippen LogP contribution in [0.3, 0.4) is 0 Å². The molecule has 3 rings (SSSR count). The Balaban J connectivity index is 1.63. The quantitative estimate of drug-likeness (QED) is 0.817. The summed E-state index contributed by atoms with van der Waals surface area (Å²) in [5.74, 6) is -0.371. The number of carbonyl (C=O) groups is 2. The predicted octanol–water partition coefficient (Wildman–Crippen LogP) is -0.001000. The molecule has 0 aliphatic carbocycles. The first kappa shape index (κ1) is 16.9. The highest BCUT2D eigenvalue weighted by Crippen LogP contribution is 2.21. The first-order valence-corrected chi connectivity index (χ1v) is 8.80. The number of aromatic nitrogens is 3. The molecule has 2 fully saturated rings. The number of nitrogens with two attached hydrogens (primary N) is 1. The maximum absolute atomic E-state index is 12.8. The lowest BCUT2D eigenvalue weighted by Gasteiger charge is -2.39. The monoisotopic (exact) mass is 334 g/mol. The van der Waals surface area contributed by atoms with E-state index in [1.165, 1.54) is 6.33 Å². The van der Waals surface area contributed by atoms with Crippen LogP contribution < -0.4 is 5.73 Å². The second-order valence-electron chi connectivity index (χ2n) is 6.74. The van der Waals surface area contributed by atoms with E-state index >= 15 is 0 Å². The molecule has 0 saturated carbocycles. The van der Waals surface area contributed by atoms with Gasteiger partial charge in [-0.25, -0.2) is 4.98 Å². The summed E-state index contributed by atoms with van der Waals surface area (Å²) in [4.78, 5) is 32.3. The van der Waals surface area contributed by atoms with Gasteiger partial charge in [-0.15, -0.1) is 0 Å². The highest BCUT2D eigenvalue weighted by atomic mass is 16.2. The molecule has 2 N–H and O–H groups in total. The third kappa shape index (κ3) is 3.92. The van der Waals surface area contributed by atoms with E-state index in [-0.39, 0.29) is 17.9 Å². The molecule has 2 aliphatic heterocycles. The Morgan fingerprint density at radius 2 is 1.92 bits per heavy atom. The summed E-state index contributed by atoms with van der Waals surface area (Å²) >= 11 is 0. The van der Waals surface area contributed by atoms with E-state index in [1.807, 2.05) is 4.68 Å². The molecule has 2 amide bonds. The van der Waals surface area contributed by atoms with E-state index in [0.717, 1.165) is 45.2 Å². The summed E-state index contributed by atoms with van der Waals surface area (Å²) in [5, 5.41) is 4.17. The van der Waals surface area contributed by atoms with Crippen molar-refractivity contribution in [2.24, 2.45) is 5.73 Å². The normalized spacial score (nSPS) is 25.6. The van der Waals surface area contributed by atoms with E-state index in [1.54, 1.807) is 11.2 Å². The van der Waals surface area contributed by atoms with Crippen molar-refractivity contribution in [1.82, 2.24) is 24.6 Å². The lowest BCUT2D eigenvalue weighted by molar-refractivity contribution is -0.142. The Bertz CT molecular complexity index is 561. The minimum Gasteiger partial charge on any atom is -0.368 e. The van der Waals surface area contributed by atoms with Crippen LogP contribution in [0.1, 0.15) is 38.5 Å². The number of rotatable bonds is 5. The molecule has 8 heteroatoms. The Labute approximate surface area is 142 Å². The van der Waals surface area contributed by atoms with Gasteiger partial charge in [-0.3, -0.25) is 19.2 Å². The fourth-order valence-electron chi connectivity index (χ4n) is 3.81. The fourth-order valence-corrected chi connectivity index (χ4v) is 3.81. The Morgan fingerprint density at radius 3 is 2.67 bits per heavy atom. The molecular weight excluding hydrogens is 308 g/mol. The zero-order valence-corrected chi connectivity index (χ0v) is 14.0. The van der Waals surface area contributed by atoms with Crippen LogP contribution in [0.15, 0.2) is 12.7 Å². The molecular formula is C16H26N6O2. The van der Waals surface area contributed by atoms with Crippen molar-refractivity contribution in [3.63, 3.8) is 0 Å². The average molecular weight is 334 g/mol. The van der Waals surface area contributed by atoms with Crippen LogP contribution in [-0.2, 0) is 16.1 Å². The second kappa shape index (κ2) is 7.74. The van der Waals surface area contributed by atoms with Crippen molar-refractivity contribution in [2.45, 2.75) is 57.2 Å². The van der Waals surface area contributed by atoms with Crippen LogP contribution in [0.2, 0.25) is 0 Å². The number of hydrogen-bond acceptors (Lipinski definition) is 5. The number of likely N-dealkylation sites (tertiary alicyclic amines) is 2. The third-order valence-electron chi connectivity index (χ3n) is 5.10. The lowest BCUT2D eigenvalue weighted by Crippen LogP contribution is -2.55. The molecule has 0 spiro atoms. The average Bonchev–Trinajstić information content (AvgIpc) is 3.09. The predicted molar refractivity (Wildman–Crippen MR) is 87.8 cm³/mol. The van der Waals surface area contributed by atoms with Crippen LogP contribution in [0.25, 0.3) is 0 Å². The van der Waals surface area contributed by atoms with Gasteiger partial charge in [0.05, 0.1) is 13.1 Å². The summed E-state index contributed by atoms with van der Waals surface area (Å²) in [6.45, 7) is 2.63. The van der Waals surface area contributed by atoms with Crippen LogP contribution in [-0.4, -0.2) is 68.1 Å². The molecule has 2 aliphatic rings. The third-order valence-corrected chi connectivity index (χ3v) is 5.10.